The Morgan fingerprint density at radius 1 is 1.08 bits per heavy atom. The second-order valence-corrected chi connectivity index (χ2v) is 7.54. The zero-order valence-corrected chi connectivity index (χ0v) is 16.2. The molecule has 3 nitrogen and oxygen atoms in total. The summed E-state index contributed by atoms with van der Waals surface area (Å²) in [6.45, 7) is 6.10. The van der Waals surface area contributed by atoms with Crippen LogP contribution in [0.3, 0.4) is 0 Å². The molecule has 2 heterocycles. The molecule has 0 aliphatic carbocycles. The van der Waals surface area contributed by atoms with Gasteiger partial charge >= 0.3 is 0 Å². The van der Waals surface area contributed by atoms with E-state index < -0.39 is 0 Å². The maximum absolute atomic E-state index is 14.6. The van der Waals surface area contributed by atoms with E-state index in [-0.39, 0.29) is 5.82 Å². The van der Waals surface area contributed by atoms with Gasteiger partial charge in [-0.3, -0.25) is 4.40 Å². The molecule has 0 spiro atoms. The molecule has 0 radical (unpaired) electrons. The van der Waals surface area contributed by atoms with E-state index in [0.717, 1.165) is 33.3 Å². The minimum Gasteiger partial charge on any atom is -0.339 e. The molecule has 132 valence electrons. The van der Waals surface area contributed by atoms with Gasteiger partial charge in [-0.15, -0.1) is 11.3 Å². The lowest BCUT2D eigenvalue weighted by Crippen LogP contribution is -2.02. The van der Waals surface area contributed by atoms with Crippen LogP contribution in [0.25, 0.3) is 16.2 Å². The predicted octanol–water partition coefficient (Wildman–Crippen LogP) is 6.52. The number of nitrogens with zero attached hydrogens (tertiary/aromatic N) is 2. The molecule has 0 aliphatic heterocycles. The molecule has 4 aromatic rings. The van der Waals surface area contributed by atoms with E-state index in [0.29, 0.717) is 16.3 Å². The van der Waals surface area contributed by atoms with E-state index in [1.807, 2.05) is 48.8 Å². The Kier molecular flexibility index (Phi) is 4.21. The highest BCUT2D eigenvalue weighted by Crippen LogP contribution is 2.39. The summed E-state index contributed by atoms with van der Waals surface area (Å²) in [4.78, 5) is 5.47. The first-order valence-corrected chi connectivity index (χ1v) is 9.47. The summed E-state index contributed by atoms with van der Waals surface area (Å²) in [6.07, 6.45) is 0. The molecular formula is C20H17ClFN3S. The summed E-state index contributed by atoms with van der Waals surface area (Å²) in [6, 6.07) is 10.8. The molecule has 0 aliphatic rings. The minimum absolute atomic E-state index is 0.318. The van der Waals surface area contributed by atoms with Crippen LogP contribution in [0.15, 0.2) is 41.8 Å². The van der Waals surface area contributed by atoms with Gasteiger partial charge in [0.05, 0.1) is 10.6 Å². The van der Waals surface area contributed by atoms with Crippen molar-refractivity contribution in [3.63, 3.8) is 0 Å². The van der Waals surface area contributed by atoms with Crippen molar-refractivity contribution < 1.29 is 4.39 Å². The summed E-state index contributed by atoms with van der Waals surface area (Å²) < 4.78 is 16.6. The van der Waals surface area contributed by atoms with Gasteiger partial charge in [-0.2, -0.15) is 0 Å². The third-order valence-corrected chi connectivity index (χ3v) is 5.72. The van der Waals surface area contributed by atoms with Gasteiger partial charge in [0.25, 0.3) is 0 Å². The fraction of sp³-hybridized carbons (Fsp3) is 0.150. The maximum atomic E-state index is 14.6. The zero-order valence-electron chi connectivity index (χ0n) is 14.6. The van der Waals surface area contributed by atoms with E-state index in [4.69, 9.17) is 11.6 Å². The number of aromatic nitrogens is 2. The van der Waals surface area contributed by atoms with E-state index in [1.54, 1.807) is 12.1 Å². The van der Waals surface area contributed by atoms with Crippen LogP contribution >= 0.6 is 22.9 Å². The van der Waals surface area contributed by atoms with Crippen LogP contribution in [0.1, 0.15) is 16.8 Å². The normalized spacial score (nSPS) is 11.3. The number of rotatable bonds is 3. The van der Waals surface area contributed by atoms with E-state index in [1.165, 1.54) is 17.4 Å². The van der Waals surface area contributed by atoms with E-state index in [2.05, 4.69) is 10.3 Å². The van der Waals surface area contributed by atoms with Gasteiger partial charge in [0.1, 0.15) is 17.3 Å². The van der Waals surface area contributed by atoms with Crippen molar-refractivity contribution in [2.75, 3.05) is 5.32 Å². The van der Waals surface area contributed by atoms with Crippen LogP contribution in [0, 0.1) is 26.6 Å². The number of halogens is 2. The van der Waals surface area contributed by atoms with Crippen LogP contribution in [0.2, 0.25) is 5.02 Å². The Morgan fingerprint density at radius 3 is 2.46 bits per heavy atom. The average Bonchev–Trinajstić information content (AvgIpc) is 3.12. The lowest BCUT2D eigenvalue weighted by atomic mass is 10.1. The van der Waals surface area contributed by atoms with Crippen LogP contribution in [0.5, 0.6) is 0 Å². The van der Waals surface area contributed by atoms with Gasteiger partial charge < -0.3 is 5.32 Å². The highest BCUT2D eigenvalue weighted by Gasteiger charge is 2.22. The number of benzene rings is 2. The number of aryl methyl sites for hydroxylation is 3. The number of anilines is 2. The molecule has 0 fully saturated rings. The lowest BCUT2D eigenvalue weighted by Gasteiger charge is -2.14. The third-order valence-electron chi connectivity index (χ3n) is 4.46. The quantitative estimate of drug-likeness (QED) is 0.434. The van der Waals surface area contributed by atoms with E-state index in [9.17, 15) is 4.39 Å². The van der Waals surface area contributed by atoms with Gasteiger partial charge in [0.15, 0.2) is 4.96 Å². The summed E-state index contributed by atoms with van der Waals surface area (Å²) in [7, 11) is 0. The number of hydrogen-bond donors (Lipinski definition) is 1. The average molecular weight is 386 g/mol. The smallest absolute Gasteiger partial charge is 0.196 e. The molecule has 2 aromatic carbocycles. The fourth-order valence-corrected chi connectivity index (χ4v) is 4.26. The van der Waals surface area contributed by atoms with E-state index >= 15 is 0 Å². The Bertz CT molecular complexity index is 1090. The van der Waals surface area contributed by atoms with Crippen molar-refractivity contribution in [1.29, 1.82) is 0 Å². The van der Waals surface area contributed by atoms with Crippen LogP contribution in [0.4, 0.5) is 15.9 Å². The van der Waals surface area contributed by atoms with Crippen molar-refractivity contribution in [1.82, 2.24) is 9.38 Å². The van der Waals surface area contributed by atoms with Crippen LogP contribution < -0.4 is 5.32 Å². The standard InChI is InChI=1S/C20H17ClFN3S/c1-11-6-4-7-12(2)17(11)23-19-18(16-14(21)8-5-9-15(16)22)24-20-25(19)13(3)10-26-20/h4-10,23H,1-3H3. The van der Waals surface area contributed by atoms with Crippen molar-refractivity contribution in [3.05, 3.63) is 69.4 Å². The SMILES string of the molecule is Cc1cccc(C)c1Nc1c(-c2c(F)cccc2Cl)nc2scc(C)n12. The first kappa shape index (κ1) is 17.1. The molecule has 6 heteroatoms. The van der Waals surface area contributed by atoms with Gasteiger partial charge in [0, 0.05) is 16.8 Å². The molecule has 1 N–H and O–H groups in total. The first-order valence-electron chi connectivity index (χ1n) is 8.21. The Hall–Kier alpha value is -2.37. The van der Waals surface area contributed by atoms with Crippen molar-refractivity contribution in [2.24, 2.45) is 0 Å². The number of fused-ring (bicyclic) bond motifs is 1. The van der Waals surface area contributed by atoms with Gasteiger partial charge in [0.2, 0.25) is 0 Å². The second kappa shape index (κ2) is 6.41. The molecule has 0 bridgehead atoms. The third kappa shape index (κ3) is 2.68. The van der Waals surface area contributed by atoms with Crippen LogP contribution in [-0.4, -0.2) is 9.38 Å². The number of hydrogen-bond acceptors (Lipinski definition) is 3. The predicted molar refractivity (Wildman–Crippen MR) is 107 cm³/mol. The van der Waals surface area contributed by atoms with Gasteiger partial charge in [-0.25, -0.2) is 9.37 Å². The number of imidazole rings is 1. The molecule has 0 saturated carbocycles. The number of thiazole rings is 1. The lowest BCUT2D eigenvalue weighted by molar-refractivity contribution is 0.631. The fourth-order valence-electron chi connectivity index (χ4n) is 3.14. The number of para-hydroxylation sites is 1. The first-order chi connectivity index (χ1) is 12.5. The molecule has 0 saturated heterocycles. The highest BCUT2D eigenvalue weighted by atomic mass is 35.5. The Balaban J connectivity index is 2.00. The second-order valence-electron chi connectivity index (χ2n) is 6.29. The van der Waals surface area contributed by atoms with Crippen molar-refractivity contribution in [2.45, 2.75) is 20.8 Å². The molecule has 4 rings (SSSR count). The summed E-state index contributed by atoms with van der Waals surface area (Å²) in [5.41, 5.74) is 5.08. The molecular weight excluding hydrogens is 369 g/mol. The summed E-state index contributed by atoms with van der Waals surface area (Å²) in [5.74, 6) is 0.341. The highest BCUT2D eigenvalue weighted by molar-refractivity contribution is 7.15. The molecule has 0 amide bonds. The van der Waals surface area contributed by atoms with Crippen molar-refractivity contribution >= 4 is 39.4 Å². The monoisotopic (exact) mass is 385 g/mol. The topological polar surface area (TPSA) is 29.3 Å². The van der Waals surface area contributed by atoms with Gasteiger partial charge in [-0.05, 0) is 44.0 Å². The maximum Gasteiger partial charge on any atom is 0.196 e. The Labute approximate surface area is 160 Å². The minimum atomic E-state index is -0.384. The Morgan fingerprint density at radius 2 is 1.77 bits per heavy atom. The van der Waals surface area contributed by atoms with Crippen LogP contribution in [-0.2, 0) is 0 Å². The molecule has 0 atom stereocenters. The van der Waals surface area contributed by atoms with Gasteiger partial charge in [-0.1, -0.05) is 35.9 Å². The molecule has 2 aromatic heterocycles. The molecule has 0 unspecified atom stereocenters. The number of nitrogens with one attached hydrogen (secondary N) is 1. The van der Waals surface area contributed by atoms with Crippen molar-refractivity contribution in [3.8, 4) is 11.3 Å². The largest absolute Gasteiger partial charge is 0.339 e. The zero-order chi connectivity index (χ0) is 18.4. The molecule has 26 heavy (non-hydrogen) atoms. The summed E-state index contributed by atoms with van der Waals surface area (Å²) in [5, 5.41) is 5.87. The summed E-state index contributed by atoms with van der Waals surface area (Å²) >= 11 is 7.84.